The number of hydrogen-bond acceptors (Lipinski definition) is 1. The van der Waals surface area contributed by atoms with Crippen LogP contribution in [0.3, 0.4) is 0 Å². The molecule has 1 aliphatic carbocycles. The highest BCUT2D eigenvalue weighted by molar-refractivity contribution is 5.93. The lowest BCUT2D eigenvalue weighted by molar-refractivity contribution is -0.118. The molecular weight excluding hydrogens is 210 g/mol. The van der Waals surface area contributed by atoms with Gasteiger partial charge in [-0.3, -0.25) is 4.79 Å². The summed E-state index contributed by atoms with van der Waals surface area (Å²) in [6.45, 7) is 1.95. The molecule has 92 valence electrons. The van der Waals surface area contributed by atoms with Crippen molar-refractivity contribution in [2.75, 3.05) is 4.90 Å². The van der Waals surface area contributed by atoms with Gasteiger partial charge in [-0.15, -0.1) is 0 Å². The van der Waals surface area contributed by atoms with Gasteiger partial charge in [0.05, 0.1) is 0 Å². The lowest BCUT2D eigenvalue weighted by Crippen LogP contribution is -2.41. The zero-order chi connectivity index (χ0) is 12.1. The Balaban J connectivity index is 2.21. The van der Waals surface area contributed by atoms with Gasteiger partial charge in [-0.25, -0.2) is 0 Å². The van der Waals surface area contributed by atoms with Crippen LogP contribution < -0.4 is 4.90 Å². The number of benzene rings is 1. The molecule has 0 aliphatic heterocycles. The second-order valence-electron chi connectivity index (χ2n) is 4.74. The van der Waals surface area contributed by atoms with Crippen LogP contribution in [0, 0.1) is 0 Å². The minimum Gasteiger partial charge on any atom is -0.309 e. The van der Waals surface area contributed by atoms with E-state index in [2.05, 4.69) is 0 Å². The number of anilines is 1. The van der Waals surface area contributed by atoms with E-state index in [1.54, 1.807) is 0 Å². The normalized spacial score (nSPS) is 16.8. The van der Waals surface area contributed by atoms with E-state index in [0.717, 1.165) is 18.5 Å². The Morgan fingerprint density at radius 2 is 1.82 bits per heavy atom. The summed E-state index contributed by atoms with van der Waals surface area (Å²) in [7, 11) is 0. The first-order chi connectivity index (χ1) is 8.33. The summed E-state index contributed by atoms with van der Waals surface area (Å²) in [4.78, 5) is 14.2. The predicted octanol–water partition coefficient (Wildman–Crippen LogP) is 3.76. The van der Waals surface area contributed by atoms with E-state index in [-0.39, 0.29) is 5.91 Å². The summed E-state index contributed by atoms with van der Waals surface area (Å²) in [6, 6.07) is 10.5. The molecule has 2 nitrogen and oxygen atoms in total. The number of carbonyl (C=O) groups is 1. The largest absolute Gasteiger partial charge is 0.309 e. The molecule has 2 heteroatoms. The minimum absolute atomic E-state index is 0.253. The lowest BCUT2D eigenvalue weighted by atomic mass is 9.93. The molecule has 2 rings (SSSR count). The summed E-state index contributed by atoms with van der Waals surface area (Å²) in [6.07, 6.45) is 6.72. The van der Waals surface area contributed by atoms with Crippen LogP contribution in [0.2, 0.25) is 0 Å². The molecule has 1 aliphatic rings. The van der Waals surface area contributed by atoms with E-state index >= 15 is 0 Å². The van der Waals surface area contributed by atoms with E-state index in [1.807, 2.05) is 42.2 Å². The Hall–Kier alpha value is -1.31. The minimum atomic E-state index is 0.253. The predicted molar refractivity (Wildman–Crippen MR) is 71.1 cm³/mol. The first-order valence-corrected chi connectivity index (χ1v) is 6.70. The van der Waals surface area contributed by atoms with Gasteiger partial charge >= 0.3 is 0 Å². The first-order valence-electron chi connectivity index (χ1n) is 6.70. The van der Waals surface area contributed by atoms with Gasteiger partial charge in [0.1, 0.15) is 0 Å². The van der Waals surface area contributed by atoms with Crippen molar-refractivity contribution in [3.05, 3.63) is 30.3 Å². The standard InChI is InChI=1S/C15H21NO/c1-2-15(17)16(13-9-5-3-6-10-13)14-11-7-4-8-12-14/h3,5-6,9-10,14H,2,4,7-8,11-12H2,1H3. The fourth-order valence-electron chi connectivity index (χ4n) is 2.66. The van der Waals surface area contributed by atoms with E-state index in [1.165, 1.54) is 19.3 Å². The Labute approximate surface area is 104 Å². The maximum absolute atomic E-state index is 12.1. The second-order valence-corrected chi connectivity index (χ2v) is 4.74. The van der Waals surface area contributed by atoms with Gasteiger partial charge in [0.15, 0.2) is 0 Å². The average molecular weight is 231 g/mol. The van der Waals surface area contributed by atoms with E-state index < -0.39 is 0 Å². The summed E-state index contributed by atoms with van der Waals surface area (Å²) in [5.41, 5.74) is 1.06. The smallest absolute Gasteiger partial charge is 0.226 e. The molecule has 0 bridgehead atoms. The fourth-order valence-corrected chi connectivity index (χ4v) is 2.66. The molecule has 0 spiro atoms. The van der Waals surface area contributed by atoms with E-state index in [4.69, 9.17) is 0 Å². The quantitative estimate of drug-likeness (QED) is 0.775. The van der Waals surface area contributed by atoms with Crippen LogP contribution in [-0.2, 0) is 4.79 Å². The molecule has 0 saturated heterocycles. The fraction of sp³-hybridized carbons (Fsp3) is 0.533. The zero-order valence-corrected chi connectivity index (χ0v) is 10.6. The molecule has 17 heavy (non-hydrogen) atoms. The molecule has 0 aromatic heterocycles. The number of rotatable bonds is 3. The van der Waals surface area contributed by atoms with Crippen LogP contribution in [0.15, 0.2) is 30.3 Å². The van der Waals surface area contributed by atoms with Crippen LogP contribution in [0.5, 0.6) is 0 Å². The monoisotopic (exact) mass is 231 g/mol. The lowest BCUT2D eigenvalue weighted by Gasteiger charge is -2.34. The highest BCUT2D eigenvalue weighted by Gasteiger charge is 2.25. The van der Waals surface area contributed by atoms with Crippen molar-refractivity contribution in [1.29, 1.82) is 0 Å². The van der Waals surface area contributed by atoms with Crippen LogP contribution in [0.4, 0.5) is 5.69 Å². The molecule has 0 heterocycles. The Bertz CT molecular complexity index is 354. The third kappa shape index (κ3) is 2.87. The van der Waals surface area contributed by atoms with Gasteiger partial charge in [0, 0.05) is 18.2 Å². The molecule has 1 aromatic rings. The van der Waals surface area contributed by atoms with Crippen molar-refractivity contribution in [3.8, 4) is 0 Å². The Morgan fingerprint density at radius 1 is 1.18 bits per heavy atom. The van der Waals surface area contributed by atoms with Gasteiger partial charge in [-0.05, 0) is 25.0 Å². The molecule has 0 atom stereocenters. The maximum atomic E-state index is 12.1. The maximum Gasteiger partial charge on any atom is 0.226 e. The molecule has 0 radical (unpaired) electrons. The number of hydrogen-bond donors (Lipinski definition) is 0. The van der Waals surface area contributed by atoms with E-state index in [9.17, 15) is 4.79 Å². The van der Waals surface area contributed by atoms with Gasteiger partial charge in [-0.1, -0.05) is 44.4 Å². The van der Waals surface area contributed by atoms with E-state index in [0.29, 0.717) is 12.5 Å². The summed E-state index contributed by atoms with van der Waals surface area (Å²) in [5.74, 6) is 0.253. The van der Waals surface area contributed by atoms with Crippen LogP contribution in [0.1, 0.15) is 45.4 Å². The third-order valence-electron chi connectivity index (χ3n) is 3.55. The molecule has 0 N–H and O–H groups in total. The van der Waals surface area contributed by atoms with Gasteiger partial charge in [0.25, 0.3) is 0 Å². The van der Waals surface area contributed by atoms with Gasteiger partial charge < -0.3 is 4.90 Å². The van der Waals surface area contributed by atoms with Crippen molar-refractivity contribution in [2.24, 2.45) is 0 Å². The molecule has 1 saturated carbocycles. The highest BCUT2D eigenvalue weighted by atomic mass is 16.2. The number of carbonyl (C=O) groups excluding carboxylic acids is 1. The van der Waals surface area contributed by atoms with Crippen molar-refractivity contribution >= 4 is 11.6 Å². The summed E-state index contributed by atoms with van der Waals surface area (Å²) < 4.78 is 0. The van der Waals surface area contributed by atoms with Crippen molar-refractivity contribution in [1.82, 2.24) is 0 Å². The van der Waals surface area contributed by atoms with Crippen molar-refractivity contribution < 1.29 is 4.79 Å². The van der Waals surface area contributed by atoms with Crippen LogP contribution in [-0.4, -0.2) is 11.9 Å². The number of para-hydroxylation sites is 1. The number of nitrogens with zero attached hydrogens (tertiary/aromatic N) is 1. The Kier molecular flexibility index (Phi) is 4.18. The van der Waals surface area contributed by atoms with Crippen LogP contribution in [0.25, 0.3) is 0 Å². The number of amides is 1. The Morgan fingerprint density at radius 3 is 2.41 bits per heavy atom. The molecule has 1 fully saturated rings. The summed E-state index contributed by atoms with van der Waals surface area (Å²) in [5, 5.41) is 0. The average Bonchev–Trinajstić information content (AvgIpc) is 2.41. The molecular formula is C15H21NO. The van der Waals surface area contributed by atoms with Gasteiger partial charge in [0.2, 0.25) is 5.91 Å². The molecule has 0 unspecified atom stereocenters. The van der Waals surface area contributed by atoms with Gasteiger partial charge in [-0.2, -0.15) is 0 Å². The second kappa shape index (κ2) is 5.85. The van der Waals surface area contributed by atoms with Crippen LogP contribution >= 0.6 is 0 Å². The summed E-state index contributed by atoms with van der Waals surface area (Å²) >= 11 is 0. The zero-order valence-electron chi connectivity index (χ0n) is 10.6. The highest BCUT2D eigenvalue weighted by Crippen LogP contribution is 2.27. The molecule has 1 aromatic carbocycles. The third-order valence-corrected chi connectivity index (χ3v) is 3.55. The first kappa shape index (κ1) is 12.2. The van der Waals surface area contributed by atoms with Crippen molar-refractivity contribution in [3.63, 3.8) is 0 Å². The topological polar surface area (TPSA) is 20.3 Å². The van der Waals surface area contributed by atoms with Crippen molar-refractivity contribution in [2.45, 2.75) is 51.5 Å². The molecule has 1 amide bonds. The SMILES string of the molecule is CCC(=O)N(c1ccccc1)C1CCCCC1.